The molecule has 0 amide bonds. The molecule has 1 aromatic heterocycles. The molecule has 1 aromatic rings. The standard InChI is InChI=1S/C8H11NO3S/c1-2-3-7-4-5-9-6-8(7)13(10,11)12/h4-6H,2-3H2,1H3,(H,10,11,12). The molecule has 0 aromatic carbocycles. The summed E-state index contributed by atoms with van der Waals surface area (Å²) in [5.41, 5.74) is 0.611. The van der Waals surface area contributed by atoms with E-state index in [-0.39, 0.29) is 4.90 Å². The molecule has 0 aliphatic heterocycles. The van der Waals surface area contributed by atoms with Crippen LogP contribution in [0.15, 0.2) is 23.4 Å². The summed E-state index contributed by atoms with van der Waals surface area (Å²) in [6, 6.07) is 1.60. The molecule has 0 saturated carbocycles. The van der Waals surface area contributed by atoms with Crippen LogP contribution in [0.2, 0.25) is 0 Å². The van der Waals surface area contributed by atoms with E-state index in [1.807, 2.05) is 6.92 Å². The summed E-state index contributed by atoms with van der Waals surface area (Å²) in [6.07, 6.45) is 4.13. The molecule has 1 rings (SSSR count). The van der Waals surface area contributed by atoms with E-state index in [4.69, 9.17) is 4.55 Å². The molecule has 0 spiro atoms. The monoisotopic (exact) mass is 201 g/mol. The smallest absolute Gasteiger partial charge is 0.282 e. The van der Waals surface area contributed by atoms with Crippen molar-refractivity contribution in [3.05, 3.63) is 24.0 Å². The van der Waals surface area contributed by atoms with Gasteiger partial charge in [-0.15, -0.1) is 0 Å². The van der Waals surface area contributed by atoms with Gasteiger partial charge >= 0.3 is 0 Å². The van der Waals surface area contributed by atoms with Crippen LogP contribution in [-0.2, 0) is 16.5 Å². The van der Waals surface area contributed by atoms with Crippen LogP contribution >= 0.6 is 0 Å². The number of pyridine rings is 1. The summed E-state index contributed by atoms with van der Waals surface area (Å²) in [5.74, 6) is 0. The van der Waals surface area contributed by atoms with E-state index in [0.717, 1.165) is 6.42 Å². The predicted octanol–water partition coefficient (Wildman–Crippen LogP) is 1.28. The first-order chi connectivity index (χ1) is 6.05. The molecule has 0 aliphatic rings. The van der Waals surface area contributed by atoms with Crippen molar-refractivity contribution in [2.24, 2.45) is 0 Å². The Morgan fingerprint density at radius 2 is 2.23 bits per heavy atom. The minimum absolute atomic E-state index is 0.0862. The lowest BCUT2D eigenvalue weighted by Gasteiger charge is -2.03. The molecular weight excluding hydrogens is 190 g/mol. The Hall–Kier alpha value is -0.940. The number of hydrogen-bond acceptors (Lipinski definition) is 3. The Morgan fingerprint density at radius 3 is 2.77 bits per heavy atom. The Labute approximate surface area is 77.4 Å². The third-order valence-corrected chi connectivity index (χ3v) is 2.59. The topological polar surface area (TPSA) is 67.3 Å². The summed E-state index contributed by atoms with van der Waals surface area (Å²) in [6.45, 7) is 1.94. The highest BCUT2D eigenvalue weighted by Gasteiger charge is 2.14. The molecule has 1 heterocycles. The van der Waals surface area contributed by atoms with Crippen LogP contribution in [0.4, 0.5) is 0 Å². The Balaban J connectivity index is 3.20. The molecule has 1 N–H and O–H groups in total. The second-order valence-corrected chi connectivity index (χ2v) is 4.10. The van der Waals surface area contributed by atoms with Crippen LogP contribution in [0.25, 0.3) is 0 Å². The van der Waals surface area contributed by atoms with Gasteiger partial charge in [-0.3, -0.25) is 9.54 Å². The van der Waals surface area contributed by atoms with E-state index >= 15 is 0 Å². The van der Waals surface area contributed by atoms with Crippen LogP contribution in [-0.4, -0.2) is 18.0 Å². The van der Waals surface area contributed by atoms with E-state index in [2.05, 4.69) is 4.98 Å². The number of aryl methyl sites for hydroxylation is 1. The van der Waals surface area contributed by atoms with Gasteiger partial charge < -0.3 is 0 Å². The van der Waals surface area contributed by atoms with Crippen LogP contribution in [0.3, 0.4) is 0 Å². The second-order valence-electron chi connectivity index (χ2n) is 2.71. The van der Waals surface area contributed by atoms with Crippen LogP contribution in [0, 0.1) is 0 Å². The molecule has 0 aliphatic carbocycles. The second kappa shape index (κ2) is 3.85. The molecule has 0 unspecified atom stereocenters. The van der Waals surface area contributed by atoms with E-state index in [9.17, 15) is 8.42 Å². The van der Waals surface area contributed by atoms with Crippen molar-refractivity contribution in [3.8, 4) is 0 Å². The zero-order chi connectivity index (χ0) is 9.90. The maximum Gasteiger partial charge on any atom is 0.296 e. The minimum Gasteiger partial charge on any atom is -0.282 e. The zero-order valence-corrected chi connectivity index (χ0v) is 8.08. The molecule has 0 fully saturated rings. The third-order valence-electron chi connectivity index (χ3n) is 1.67. The molecule has 13 heavy (non-hydrogen) atoms. The number of nitrogens with zero attached hydrogens (tertiary/aromatic N) is 1. The number of rotatable bonds is 3. The molecule has 72 valence electrons. The largest absolute Gasteiger partial charge is 0.296 e. The fourth-order valence-electron chi connectivity index (χ4n) is 1.12. The quantitative estimate of drug-likeness (QED) is 0.748. The van der Waals surface area contributed by atoms with Crippen molar-refractivity contribution in [1.82, 2.24) is 4.98 Å². The summed E-state index contributed by atoms with van der Waals surface area (Å²) < 4.78 is 30.5. The molecular formula is C8H11NO3S. The van der Waals surface area contributed by atoms with Gasteiger partial charge in [-0.25, -0.2) is 0 Å². The van der Waals surface area contributed by atoms with E-state index in [1.165, 1.54) is 12.4 Å². The first-order valence-corrected chi connectivity index (χ1v) is 5.40. The fourth-order valence-corrected chi connectivity index (χ4v) is 1.81. The SMILES string of the molecule is CCCc1ccncc1S(=O)(=O)O. The number of aromatic nitrogens is 1. The minimum atomic E-state index is -4.12. The summed E-state index contributed by atoms with van der Waals surface area (Å²) in [7, 11) is -4.12. The lowest BCUT2D eigenvalue weighted by Crippen LogP contribution is -2.03. The van der Waals surface area contributed by atoms with Crippen molar-refractivity contribution in [2.45, 2.75) is 24.7 Å². The van der Waals surface area contributed by atoms with Crippen molar-refractivity contribution in [2.75, 3.05) is 0 Å². The highest BCUT2D eigenvalue weighted by Crippen LogP contribution is 2.14. The highest BCUT2D eigenvalue weighted by atomic mass is 32.2. The molecule has 0 bridgehead atoms. The van der Waals surface area contributed by atoms with Crippen molar-refractivity contribution >= 4 is 10.1 Å². The molecule has 4 nitrogen and oxygen atoms in total. The van der Waals surface area contributed by atoms with Crippen molar-refractivity contribution in [1.29, 1.82) is 0 Å². The Morgan fingerprint density at radius 1 is 1.54 bits per heavy atom. The first kappa shape index (κ1) is 10.1. The van der Waals surface area contributed by atoms with Gasteiger partial charge in [0.2, 0.25) is 0 Å². The average molecular weight is 201 g/mol. The normalized spacial score (nSPS) is 11.5. The maximum atomic E-state index is 10.8. The third kappa shape index (κ3) is 2.50. The van der Waals surface area contributed by atoms with Gasteiger partial charge in [-0.2, -0.15) is 8.42 Å². The van der Waals surface area contributed by atoms with Crippen molar-refractivity contribution in [3.63, 3.8) is 0 Å². The van der Waals surface area contributed by atoms with Gasteiger partial charge in [-0.05, 0) is 18.1 Å². The van der Waals surface area contributed by atoms with Gasteiger partial charge in [0.25, 0.3) is 10.1 Å². The Kier molecular flexibility index (Phi) is 3.00. The van der Waals surface area contributed by atoms with Crippen LogP contribution in [0.5, 0.6) is 0 Å². The number of hydrogen-bond donors (Lipinski definition) is 1. The van der Waals surface area contributed by atoms with Gasteiger partial charge in [0.15, 0.2) is 0 Å². The summed E-state index contributed by atoms with van der Waals surface area (Å²) >= 11 is 0. The lowest BCUT2D eigenvalue weighted by atomic mass is 10.2. The summed E-state index contributed by atoms with van der Waals surface area (Å²) in [5, 5.41) is 0. The van der Waals surface area contributed by atoms with E-state index in [0.29, 0.717) is 12.0 Å². The van der Waals surface area contributed by atoms with E-state index < -0.39 is 10.1 Å². The highest BCUT2D eigenvalue weighted by molar-refractivity contribution is 7.85. The van der Waals surface area contributed by atoms with Gasteiger partial charge in [0.1, 0.15) is 4.90 Å². The van der Waals surface area contributed by atoms with Crippen LogP contribution in [0.1, 0.15) is 18.9 Å². The molecule has 5 heteroatoms. The molecule has 0 atom stereocenters. The maximum absolute atomic E-state index is 10.8. The lowest BCUT2D eigenvalue weighted by molar-refractivity contribution is 0.481. The zero-order valence-electron chi connectivity index (χ0n) is 7.27. The Bertz CT molecular complexity index is 386. The average Bonchev–Trinajstić information content (AvgIpc) is 2.04. The van der Waals surface area contributed by atoms with Gasteiger partial charge in [0, 0.05) is 12.4 Å². The molecule has 0 saturated heterocycles. The first-order valence-electron chi connectivity index (χ1n) is 3.96. The van der Waals surface area contributed by atoms with Crippen LogP contribution < -0.4 is 0 Å². The van der Waals surface area contributed by atoms with Crippen molar-refractivity contribution < 1.29 is 13.0 Å². The summed E-state index contributed by atoms with van der Waals surface area (Å²) in [4.78, 5) is 3.57. The van der Waals surface area contributed by atoms with Gasteiger partial charge in [0.05, 0.1) is 0 Å². The van der Waals surface area contributed by atoms with E-state index in [1.54, 1.807) is 6.07 Å². The van der Waals surface area contributed by atoms with Gasteiger partial charge in [-0.1, -0.05) is 13.3 Å². The molecule has 0 radical (unpaired) electrons. The predicted molar refractivity (Wildman–Crippen MR) is 48.0 cm³/mol. The fraction of sp³-hybridized carbons (Fsp3) is 0.375.